The van der Waals surface area contributed by atoms with E-state index >= 15 is 0 Å². The summed E-state index contributed by atoms with van der Waals surface area (Å²) in [4.78, 5) is 10.7. The average Bonchev–Trinajstić information content (AvgIpc) is 2.51. The highest BCUT2D eigenvalue weighted by Gasteiger charge is 2.02. The van der Waals surface area contributed by atoms with Crippen molar-refractivity contribution in [2.45, 2.75) is 10.6 Å². The molecule has 1 aromatic rings. The summed E-state index contributed by atoms with van der Waals surface area (Å²) in [6.07, 6.45) is 0.362. The van der Waals surface area contributed by atoms with Gasteiger partial charge < -0.3 is 4.74 Å². The minimum atomic E-state index is -0.232. The molecule has 1 aromatic heterocycles. The summed E-state index contributed by atoms with van der Waals surface area (Å²) in [5.41, 5.74) is 0. The van der Waals surface area contributed by atoms with Crippen molar-refractivity contribution < 1.29 is 13.9 Å². The van der Waals surface area contributed by atoms with Crippen LogP contribution in [0.5, 0.6) is 0 Å². The SMILES string of the molecule is COC(=O)CCSc1cc(F)cs1. The molecule has 0 saturated heterocycles. The van der Waals surface area contributed by atoms with Gasteiger partial charge in [0.2, 0.25) is 0 Å². The highest BCUT2D eigenvalue weighted by molar-refractivity contribution is 8.01. The van der Waals surface area contributed by atoms with E-state index in [4.69, 9.17) is 0 Å². The lowest BCUT2D eigenvalue weighted by Crippen LogP contribution is -2.00. The van der Waals surface area contributed by atoms with E-state index in [-0.39, 0.29) is 11.8 Å². The Morgan fingerprint density at radius 2 is 2.54 bits per heavy atom. The smallest absolute Gasteiger partial charge is 0.306 e. The summed E-state index contributed by atoms with van der Waals surface area (Å²) in [7, 11) is 1.36. The summed E-state index contributed by atoms with van der Waals surface area (Å²) >= 11 is 2.81. The quantitative estimate of drug-likeness (QED) is 0.576. The topological polar surface area (TPSA) is 26.3 Å². The second-order valence-corrected chi connectivity index (χ2v) is 4.56. The van der Waals surface area contributed by atoms with Gasteiger partial charge in [-0.3, -0.25) is 4.79 Å². The lowest BCUT2D eigenvalue weighted by atomic mass is 10.5. The molecular formula is C8H9FO2S2. The van der Waals surface area contributed by atoms with Crippen LogP contribution in [0.25, 0.3) is 0 Å². The second kappa shape index (κ2) is 5.24. The Kier molecular flexibility index (Phi) is 4.24. The summed E-state index contributed by atoms with van der Waals surface area (Å²) in [6, 6.07) is 1.46. The largest absolute Gasteiger partial charge is 0.469 e. The number of thioether (sulfide) groups is 1. The molecule has 0 aliphatic rings. The molecule has 0 atom stereocenters. The third-order valence-electron chi connectivity index (χ3n) is 1.32. The number of ether oxygens (including phenoxy) is 1. The molecular weight excluding hydrogens is 211 g/mol. The van der Waals surface area contributed by atoms with Gasteiger partial charge in [0.15, 0.2) is 0 Å². The predicted molar refractivity (Wildman–Crippen MR) is 51.6 cm³/mol. The second-order valence-electron chi connectivity index (χ2n) is 2.26. The molecule has 72 valence electrons. The maximum atomic E-state index is 12.5. The maximum Gasteiger partial charge on any atom is 0.306 e. The summed E-state index contributed by atoms with van der Waals surface area (Å²) in [6.45, 7) is 0. The Labute approximate surface area is 84.1 Å². The molecule has 0 spiro atoms. The van der Waals surface area contributed by atoms with Crippen molar-refractivity contribution in [1.29, 1.82) is 0 Å². The first-order valence-electron chi connectivity index (χ1n) is 3.66. The minimum absolute atomic E-state index is 0.217. The molecule has 0 bridgehead atoms. The Morgan fingerprint density at radius 3 is 3.08 bits per heavy atom. The Hall–Kier alpha value is -0.550. The van der Waals surface area contributed by atoms with E-state index in [0.717, 1.165) is 4.21 Å². The maximum absolute atomic E-state index is 12.5. The van der Waals surface area contributed by atoms with Crippen molar-refractivity contribution in [3.05, 3.63) is 17.3 Å². The number of hydrogen-bond acceptors (Lipinski definition) is 4. The zero-order chi connectivity index (χ0) is 9.68. The van der Waals surface area contributed by atoms with Crippen LogP contribution in [0.1, 0.15) is 6.42 Å². The number of carbonyl (C=O) groups excluding carboxylic acids is 1. The van der Waals surface area contributed by atoms with Crippen LogP contribution in [0.3, 0.4) is 0 Å². The first-order valence-corrected chi connectivity index (χ1v) is 5.52. The Bertz CT molecular complexity index is 285. The van der Waals surface area contributed by atoms with Gasteiger partial charge >= 0.3 is 5.97 Å². The van der Waals surface area contributed by atoms with Gasteiger partial charge in [-0.15, -0.1) is 23.1 Å². The van der Waals surface area contributed by atoms with E-state index in [1.54, 1.807) is 0 Å². The van der Waals surface area contributed by atoms with E-state index in [1.807, 2.05) is 0 Å². The first kappa shape index (κ1) is 10.5. The Balaban J connectivity index is 2.24. The minimum Gasteiger partial charge on any atom is -0.469 e. The molecule has 2 nitrogen and oxygen atoms in total. The number of thiophene rings is 1. The van der Waals surface area contributed by atoms with Crippen LogP contribution in [0.15, 0.2) is 15.7 Å². The average molecular weight is 220 g/mol. The number of methoxy groups -OCH3 is 1. The zero-order valence-electron chi connectivity index (χ0n) is 7.08. The van der Waals surface area contributed by atoms with Crippen LogP contribution in [0, 0.1) is 5.82 Å². The fourth-order valence-electron chi connectivity index (χ4n) is 0.708. The molecule has 0 amide bonds. The van der Waals surface area contributed by atoms with Crippen molar-refractivity contribution in [3.8, 4) is 0 Å². The molecule has 5 heteroatoms. The van der Waals surface area contributed by atoms with Gasteiger partial charge in [0.25, 0.3) is 0 Å². The highest BCUT2D eigenvalue weighted by atomic mass is 32.2. The van der Waals surface area contributed by atoms with E-state index in [2.05, 4.69) is 4.74 Å². The molecule has 0 aliphatic carbocycles. The molecule has 0 radical (unpaired) electrons. The van der Waals surface area contributed by atoms with E-state index in [0.29, 0.717) is 12.2 Å². The van der Waals surface area contributed by atoms with Gasteiger partial charge in [-0.25, -0.2) is 4.39 Å². The summed E-state index contributed by atoms with van der Waals surface area (Å²) in [5.74, 6) is 0.183. The van der Waals surface area contributed by atoms with Crippen molar-refractivity contribution in [3.63, 3.8) is 0 Å². The first-order chi connectivity index (χ1) is 6.22. The number of hydrogen-bond donors (Lipinski definition) is 0. The van der Waals surface area contributed by atoms with E-state index < -0.39 is 0 Å². The number of esters is 1. The molecule has 0 aliphatic heterocycles. The fraction of sp³-hybridized carbons (Fsp3) is 0.375. The lowest BCUT2D eigenvalue weighted by molar-refractivity contribution is -0.140. The molecule has 0 unspecified atom stereocenters. The van der Waals surface area contributed by atoms with Crippen molar-refractivity contribution in [2.24, 2.45) is 0 Å². The highest BCUT2D eigenvalue weighted by Crippen LogP contribution is 2.25. The van der Waals surface area contributed by atoms with Crippen LogP contribution in [-0.4, -0.2) is 18.8 Å². The molecule has 0 aromatic carbocycles. The van der Waals surface area contributed by atoms with Crippen molar-refractivity contribution in [1.82, 2.24) is 0 Å². The van der Waals surface area contributed by atoms with Crippen LogP contribution < -0.4 is 0 Å². The van der Waals surface area contributed by atoms with Gasteiger partial charge in [-0.05, 0) is 6.07 Å². The van der Waals surface area contributed by atoms with Gasteiger partial charge in [0.05, 0.1) is 17.7 Å². The number of carbonyl (C=O) groups is 1. The lowest BCUT2D eigenvalue weighted by Gasteiger charge is -1.96. The van der Waals surface area contributed by atoms with E-state index in [1.165, 1.54) is 41.7 Å². The standard InChI is InChI=1S/C8H9FO2S2/c1-11-7(10)2-3-12-8-4-6(9)5-13-8/h4-5H,2-3H2,1H3. The van der Waals surface area contributed by atoms with Crippen LogP contribution in [-0.2, 0) is 9.53 Å². The number of rotatable bonds is 4. The van der Waals surface area contributed by atoms with E-state index in [9.17, 15) is 9.18 Å². The fourth-order valence-corrected chi connectivity index (χ4v) is 2.52. The summed E-state index contributed by atoms with van der Waals surface area (Å²) < 4.78 is 17.8. The molecule has 0 saturated carbocycles. The van der Waals surface area contributed by atoms with Crippen molar-refractivity contribution >= 4 is 29.1 Å². The predicted octanol–water partition coefficient (Wildman–Crippen LogP) is 2.54. The van der Waals surface area contributed by atoms with Crippen molar-refractivity contribution in [2.75, 3.05) is 12.9 Å². The molecule has 13 heavy (non-hydrogen) atoms. The number of halogens is 1. The third kappa shape index (κ3) is 3.78. The normalized spacial score (nSPS) is 10.0. The van der Waals surface area contributed by atoms with Gasteiger partial charge in [-0.2, -0.15) is 0 Å². The molecule has 0 N–H and O–H groups in total. The Morgan fingerprint density at radius 1 is 1.77 bits per heavy atom. The van der Waals surface area contributed by atoms with Gasteiger partial charge in [0, 0.05) is 11.1 Å². The monoisotopic (exact) mass is 220 g/mol. The van der Waals surface area contributed by atoms with Crippen LogP contribution in [0.4, 0.5) is 4.39 Å². The summed E-state index contributed by atoms with van der Waals surface area (Å²) in [5, 5.41) is 1.44. The molecule has 0 fully saturated rings. The molecule has 1 heterocycles. The molecule has 1 rings (SSSR count). The van der Waals surface area contributed by atoms with Crippen LogP contribution in [0.2, 0.25) is 0 Å². The van der Waals surface area contributed by atoms with Gasteiger partial charge in [0.1, 0.15) is 5.82 Å². The van der Waals surface area contributed by atoms with Gasteiger partial charge in [-0.1, -0.05) is 0 Å². The zero-order valence-corrected chi connectivity index (χ0v) is 8.71. The third-order valence-corrected chi connectivity index (χ3v) is 3.47. The van der Waals surface area contributed by atoms with Crippen LogP contribution >= 0.6 is 23.1 Å².